The van der Waals surface area contributed by atoms with Gasteiger partial charge in [0.1, 0.15) is 11.2 Å². The Labute approximate surface area is 414 Å². The van der Waals surface area contributed by atoms with Gasteiger partial charge in [0, 0.05) is 54.5 Å². The molecule has 4 aromatic heterocycles. The second-order valence-electron chi connectivity index (χ2n) is 19.6. The zero-order valence-corrected chi connectivity index (χ0v) is 39.5. The third-order valence-electron chi connectivity index (χ3n) is 15.2. The first-order valence-corrected chi connectivity index (χ1v) is 24.6. The molecule has 6 nitrogen and oxygen atoms in total. The van der Waals surface area contributed by atoms with Gasteiger partial charge in [0.2, 0.25) is 5.95 Å². The maximum Gasteiger partial charge on any atom is 0.238 e. The zero-order chi connectivity index (χ0) is 47.7. The van der Waals surface area contributed by atoms with E-state index in [1.807, 2.05) is 36.4 Å². The lowest BCUT2D eigenvalue weighted by molar-refractivity contribution is 0.661. The number of hydrogen-bond acceptors (Lipinski definition) is 4. The second kappa shape index (κ2) is 15.3. The molecule has 0 saturated carbocycles. The van der Waals surface area contributed by atoms with Gasteiger partial charge in [-0.15, -0.1) is 0 Å². The van der Waals surface area contributed by atoms with Gasteiger partial charge >= 0.3 is 0 Å². The highest BCUT2D eigenvalue weighted by molar-refractivity contribution is 6.14. The zero-order valence-electron chi connectivity index (χ0n) is 39.5. The molecule has 72 heavy (non-hydrogen) atoms. The van der Waals surface area contributed by atoms with Crippen LogP contribution in [0.15, 0.2) is 229 Å². The summed E-state index contributed by atoms with van der Waals surface area (Å²) in [7, 11) is 0. The van der Waals surface area contributed by atoms with Crippen LogP contribution < -0.4 is 0 Å². The van der Waals surface area contributed by atoms with Crippen molar-refractivity contribution in [1.82, 2.24) is 24.1 Å². The molecule has 1 aliphatic rings. The summed E-state index contributed by atoms with van der Waals surface area (Å²) < 4.78 is 11.2. The summed E-state index contributed by atoms with van der Waals surface area (Å²) in [5.41, 5.74) is 18.7. The predicted octanol–water partition coefficient (Wildman–Crippen LogP) is 16.9. The third kappa shape index (κ3) is 6.05. The van der Waals surface area contributed by atoms with Gasteiger partial charge in [-0.1, -0.05) is 159 Å². The summed E-state index contributed by atoms with van der Waals surface area (Å²) in [6.07, 6.45) is 0. The van der Waals surface area contributed by atoms with Crippen molar-refractivity contribution in [2.45, 2.75) is 19.3 Å². The summed E-state index contributed by atoms with van der Waals surface area (Å²) in [5, 5.41) is 6.90. The molecule has 338 valence electrons. The first-order valence-electron chi connectivity index (χ1n) is 24.6. The lowest BCUT2D eigenvalue weighted by Crippen LogP contribution is -2.15. The normalized spacial score (nSPS) is 13.0. The minimum Gasteiger partial charge on any atom is -0.456 e. The summed E-state index contributed by atoms with van der Waals surface area (Å²) >= 11 is 0. The number of furan rings is 1. The fraction of sp³-hybridized carbons (Fsp3) is 0.0455. The Bertz CT molecular complexity index is 4470. The van der Waals surface area contributed by atoms with Gasteiger partial charge in [-0.25, -0.2) is 4.98 Å². The summed E-state index contributed by atoms with van der Waals surface area (Å²) in [4.78, 5) is 15.6. The third-order valence-corrected chi connectivity index (χ3v) is 15.2. The molecule has 0 bridgehead atoms. The molecule has 10 aromatic carbocycles. The molecular formula is C66H43N5O. The Hall–Kier alpha value is -9.39. The monoisotopic (exact) mass is 921 g/mol. The van der Waals surface area contributed by atoms with Gasteiger partial charge in [0.05, 0.1) is 22.1 Å². The molecule has 0 aliphatic heterocycles. The molecule has 4 heterocycles. The van der Waals surface area contributed by atoms with Gasteiger partial charge < -0.3 is 8.98 Å². The van der Waals surface area contributed by atoms with Crippen molar-refractivity contribution in [2.75, 3.05) is 0 Å². The topological polar surface area (TPSA) is 61.7 Å². The van der Waals surface area contributed by atoms with Gasteiger partial charge in [-0.2, -0.15) is 9.97 Å². The van der Waals surface area contributed by atoms with Crippen molar-refractivity contribution in [1.29, 1.82) is 0 Å². The van der Waals surface area contributed by atoms with E-state index >= 15 is 0 Å². The van der Waals surface area contributed by atoms with E-state index in [0.717, 1.165) is 82.8 Å². The molecule has 6 heteroatoms. The van der Waals surface area contributed by atoms with E-state index in [0.29, 0.717) is 17.6 Å². The van der Waals surface area contributed by atoms with E-state index in [9.17, 15) is 0 Å². The minimum absolute atomic E-state index is 0.200. The molecule has 1 aliphatic carbocycles. The van der Waals surface area contributed by atoms with Crippen LogP contribution in [0.2, 0.25) is 0 Å². The van der Waals surface area contributed by atoms with Crippen LogP contribution in [0.1, 0.15) is 25.0 Å². The number of hydrogen-bond donors (Lipinski definition) is 0. The van der Waals surface area contributed by atoms with E-state index in [1.165, 1.54) is 44.1 Å². The van der Waals surface area contributed by atoms with Crippen LogP contribution in [0.25, 0.3) is 133 Å². The Balaban J connectivity index is 0.904. The van der Waals surface area contributed by atoms with Crippen LogP contribution in [0.3, 0.4) is 0 Å². The SMILES string of the molecule is CC1(C)c2ccccc2-c2cc3c4cc(-c5ccc6oc7ccc(-c8ccc9c(c8)c8ccccc8n9-c8ccccc8)cc7c6c5)ccc4n(-c4nc(-c5ccccc5)nc(-c5ccccc5)n4)c3cc21. The maximum absolute atomic E-state index is 6.54. The predicted molar refractivity (Wildman–Crippen MR) is 295 cm³/mol. The minimum atomic E-state index is -0.200. The first kappa shape index (κ1) is 40.5. The molecule has 0 N–H and O–H groups in total. The van der Waals surface area contributed by atoms with Crippen molar-refractivity contribution in [3.8, 4) is 67.8 Å². The van der Waals surface area contributed by atoms with Crippen molar-refractivity contribution >= 4 is 65.6 Å². The fourth-order valence-corrected chi connectivity index (χ4v) is 11.7. The van der Waals surface area contributed by atoms with Crippen LogP contribution >= 0.6 is 0 Å². The van der Waals surface area contributed by atoms with Crippen LogP contribution in [0, 0.1) is 0 Å². The highest BCUT2D eigenvalue weighted by Gasteiger charge is 2.36. The van der Waals surface area contributed by atoms with E-state index < -0.39 is 0 Å². The number of benzene rings is 10. The van der Waals surface area contributed by atoms with Gasteiger partial charge in [0.25, 0.3) is 0 Å². The van der Waals surface area contributed by atoms with E-state index in [2.05, 4.69) is 211 Å². The number of fused-ring (bicyclic) bond motifs is 12. The standard InChI is InChI=1S/C66H43N5O/c1-66(2)55-24-14-12-22-47(55)49-38-52-51-35-43(27-31-59(51)71(60(52)39-56(49)66)65-68-63(40-16-6-3-7-17-40)67-64(69-65)41-18-8-4-9-19-41)45-29-33-62-54(37-45)53-36-44(28-32-61(53)72-62)42-26-30-58-50(34-42)48-23-13-15-25-57(48)70(58)46-20-10-5-11-21-46/h3-39H,1-2H3. The molecular weight excluding hydrogens is 879 g/mol. The fourth-order valence-electron chi connectivity index (χ4n) is 11.7. The lowest BCUT2D eigenvalue weighted by atomic mass is 9.82. The number of rotatable bonds is 6. The van der Waals surface area contributed by atoms with Crippen molar-refractivity contribution in [3.05, 3.63) is 236 Å². The summed E-state index contributed by atoms with van der Waals surface area (Å²) in [6.45, 7) is 4.67. The molecule has 15 rings (SSSR count). The lowest BCUT2D eigenvalue weighted by Gasteiger charge is -2.21. The van der Waals surface area contributed by atoms with Crippen LogP contribution in [-0.2, 0) is 5.41 Å². The average molecular weight is 922 g/mol. The smallest absolute Gasteiger partial charge is 0.238 e. The van der Waals surface area contributed by atoms with E-state index in [4.69, 9.17) is 19.4 Å². The summed E-state index contributed by atoms with van der Waals surface area (Å²) in [6, 6.07) is 80.2. The highest BCUT2D eigenvalue weighted by atomic mass is 16.3. The van der Waals surface area contributed by atoms with E-state index in [-0.39, 0.29) is 5.41 Å². The number of nitrogens with zero attached hydrogens (tertiary/aromatic N) is 5. The van der Waals surface area contributed by atoms with Crippen LogP contribution in [0.4, 0.5) is 0 Å². The Kier molecular flexibility index (Phi) is 8.61. The second-order valence-corrected chi connectivity index (χ2v) is 19.6. The van der Waals surface area contributed by atoms with E-state index in [1.54, 1.807) is 0 Å². The van der Waals surface area contributed by atoms with Crippen molar-refractivity contribution in [3.63, 3.8) is 0 Å². The maximum atomic E-state index is 6.54. The molecule has 0 saturated heterocycles. The van der Waals surface area contributed by atoms with Gasteiger partial charge in [-0.05, 0) is 123 Å². The average Bonchev–Trinajstić information content (AvgIpc) is 4.15. The highest BCUT2D eigenvalue weighted by Crippen LogP contribution is 2.51. The van der Waals surface area contributed by atoms with Crippen LogP contribution in [0.5, 0.6) is 0 Å². The Morgan fingerprint density at radius 1 is 0.333 bits per heavy atom. The van der Waals surface area contributed by atoms with Crippen LogP contribution in [-0.4, -0.2) is 24.1 Å². The molecule has 14 aromatic rings. The first-order chi connectivity index (χ1) is 35.4. The van der Waals surface area contributed by atoms with Gasteiger partial charge in [0.15, 0.2) is 11.6 Å². The largest absolute Gasteiger partial charge is 0.456 e. The number of aromatic nitrogens is 5. The molecule has 0 atom stereocenters. The summed E-state index contributed by atoms with van der Waals surface area (Å²) in [5.74, 6) is 1.83. The molecule has 0 amide bonds. The molecule has 0 fully saturated rings. The van der Waals surface area contributed by atoms with Crippen molar-refractivity contribution in [2.24, 2.45) is 0 Å². The van der Waals surface area contributed by atoms with Crippen molar-refractivity contribution < 1.29 is 4.42 Å². The molecule has 0 unspecified atom stereocenters. The Morgan fingerprint density at radius 2 is 0.819 bits per heavy atom. The molecule has 0 radical (unpaired) electrons. The molecule has 0 spiro atoms. The van der Waals surface area contributed by atoms with Gasteiger partial charge in [-0.3, -0.25) is 4.57 Å². The quantitative estimate of drug-likeness (QED) is 0.167. The Morgan fingerprint density at radius 3 is 1.46 bits per heavy atom. The number of para-hydroxylation sites is 2.